The van der Waals surface area contributed by atoms with Gasteiger partial charge in [-0.3, -0.25) is 0 Å². The van der Waals surface area contributed by atoms with E-state index in [-0.39, 0.29) is 0 Å². The molecule has 1 heterocycles. The van der Waals surface area contributed by atoms with E-state index in [1.54, 1.807) is 0 Å². The van der Waals surface area contributed by atoms with Gasteiger partial charge in [-0.25, -0.2) is 0 Å². The Morgan fingerprint density at radius 3 is 2.95 bits per heavy atom. The van der Waals surface area contributed by atoms with Gasteiger partial charge in [-0.15, -0.1) is 0 Å². The summed E-state index contributed by atoms with van der Waals surface area (Å²) in [7, 11) is 0. The molecule has 0 radical (unpaired) electrons. The normalized spacial score (nSPS) is 15.3. The Morgan fingerprint density at radius 1 is 1.37 bits per heavy atom. The number of fused-ring (bicyclic) bond motifs is 1. The molecule has 19 heavy (non-hydrogen) atoms. The largest absolute Gasteiger partial charge is 0.486 e. The summed E-state index contributed by atoms with van der Waals surface area (Å²) in [6, 6.07) is 4.18. The summed E-state index contributed by atoms with van der Waals surface area (Å²) < 4.78 is 16.4. The Kier molecular flexibility index (Phi) is 5.31. The molecular weight excluding hydrogens is 266 g/mol. The zero-order chi connectivity index (χ0) is 13.7. The minimum absolute atomic E-state index is 0.298. The monoisotopic (exact) mass is 285 g/mol. The van der Waals surface area contributed by atoms with Crippen molar-refractivity contribution in [3.8, 4) is 11.5 Å². The van der Waals surface area contributed by atoms with Gasteiger partial charge >= 0.3 is 0 Å². The van der Waals surface area contributed by atoms with Gasteiger partial charge in [0, 0.05) is 19.2 Å². The van der Waals surface area contributed by atoms with E-state index in [2.05, 4.69) is 12.2 Å². The lowest BCUT2D eigenvalue weighted by atomic mass is 10.2. The first kappa shape index (κ1) is 14.4. The summed E-state index contributed by atoms with van der Waals surface area (Å²) in [4.78, 5) is 0. The molecule has 0 spiro atoms. The van der Waals surface area contributed by atoms with Gasteiger partial charge in [0.1, 0.15) is 13.2 Å². The third-order valence-electron chi connectivity index (χ3n) is 2.88. The molecule has 1 aromatic rings. The summed E-state index contributed by atoms with van der Waals surface area (Å²) in [5.41, 5.74) is 1.08. The number of rotatable bonds is 6. The van der Waals surface area contributed by atoms with Gasteiger partial charge in [-0.05, 0) is 31.5 Å². The molecule has 0 saturated heterocycles. The van der Waals surface area contributed by atoms with Crippen LogP contribution in [0.1, 0.15) is 19.4 Å². The molecule has 0 saturated carbocycles. The fourth-order valence-electron chi connectivity index (χ4n) is 1.91. The van der Waals surface area contributed by atoms with Gasteiger partial charge in [-0.1, -0.05) is 11.6 Å². The highest BCUT2D eigenvalue weighted by atomic mass is 35.5. The van der Waals surface area contributed by atoms with Gasteiger partial charge in [0.05, 0.1) is 11.6 Å². The number of ether oxygens (including phenoxy) is 3. The van der Waals surface area contributed by atoms with E-state index in [0.717, 1.165) is 24.5 Å². The molecule has 0 bridgehead atoms. The topological polar surface area (TPSA) is 39.7 Å². The van der Waals surface area contributed by atoms with Crippen molar-refractivity contribution < 1.29 is 14.2 Å². The predicted molar refractivity (Wildman–Crippen MR) is 75.2 cm³/mol. The molecule has 5 heteroatoms. The van der Waals surface area contributed by atoms with E-state index >= 15 is 0 Å². The van der Waals surface area contributed by atoms with Crippen LogP contribution in [0.2, 0.25) is 5.02 Å². The third-order valence-corrected chi connectivity index (χ3v) is 3.16. The van der Waals surface area contributed by atoms with Crippen LogP contribution in [0, 0.1) is 0 Å². The summed E-state index contributed by atoms with van der Waals surface area (Å²) in [5.74, 6) is 1.38. The Bertz CT molecular complexity index is 425. The maximum absolute atomic E-state index is 6.19. The second-order valence-corrected chi connectivity index (χ2v) is 4.95. The molecule has 1 aliphatic rings. The molecule has 2 rings (SSSR count). The van der Waals surface area contributed by atoms with Crippen LogP contribution in [0.5, 0.6) is 11.5 Å². The van der Waals surface area contributed by atoms with Crippen molar-refractivity contribution in [3.63, 3.8) is 0 Å². The Balaban J connectivity index is 1.95. The van der Waals surface area contributed by atoms with Crippen molar-refractivity contribution >= 4 is 11.6 Å². The fraction of sp³-hybridized carbons (Fsp3) is 0.571. The van der Waals surface area contributed by atoms with Crippen molar-refractivity contribution in [1.82, 2.24) is 5.32 Å². The number of hydrogen-bond acceptors (Lipinski definition) is 4. The van der Waals surface area contributed by atoms with E-state index in [9.17, 15) is 0 Å². The molecule has 0 amide bonds. The minimum atomic E-state index is 0.298. The molecule has 106 valence electrons. The first-order valence-electron chi connectivity index (χ1n) is 6.60. The summed E-state index contributed by atoms with van der Waals surface area (Å²) in [5, 5.41) is 3.99. The maximum Gasteiger partial charge on any atom is 0.179 e. The molecule has 1 unspecified atom stereocenters. The van der Waals surface area contributed by atoms with Crippen LogP contribution in [-0.4, -0.2) is 32.5 Å². The highest BCUT2D eigenvalue weighted by molar-refractivity contribution is 6.32. The molecule has 1 aliphatic heterocycles. The number of nitrogens with one attached hydrogen (secondary N) is 1. The van der Waals surface area contributed by atoms with Gasteiger partial charge in [0.2, 0.25) is 0 Å². The second kappa shape index (κ2) is 6.98. The van der Waals surface area contributed by atoms with Gasteiger partial charge in [0.25, 0.3) is 0 Å². The minimum Gasteiger partial charge on any atom is -0.486 e. The van der Waals surface area contributed by atoms with Crippen molar-refractivity contribution in [1.29, 1.82) is 0 Å². The molecule has 4 nitrogen and oxygen atoms in total. The zero-order valence-electron chi connectivity index (χ0n) is 11.4. The van der Waals surface area contributed by atoms with Gasteiger partial charge < -0.3 is 19.5 Å². The fourth-order valence-corrected chi connectivity index (χ4v) is 2.20. The van der Waals surface area contributed by atoms with Crippen molar-refractivity contribution in [3.05, 3.63) is 22.7 Å². The Labute approximate surface area is 119 Å². The second-order valence-electron chi connectivity index (χ2n) is 4.54. The molecule has 0 aromatic heterocycles. The summed E-state index contributed by atoms with van der Waals surface area (Å²) >= 11 is 6.19. The zero-order valence-corrected chi connectivity index (χ0v) is 12.1. The smallest absolute Gasteiger partial charge is 0.179 e. The van der Waals surface area contributed by atoms with Crippen LogP contribution < -0.4 is 14.8 Å². The van der Waals surface area contributed by atoms with E-state index in [0.29, 0.717) is 36.6 Å². The number of hydrogen-bond donors (Lipinski definition) is 1. The summed E-state index contributed by atoms with van der Waals surface area (Å²) in [6.45, 7) is 7.38. The Hall–Kier alpha value is -0.970. The van der Waals surface area contributed by atoms with Crippen molar-refractivity contribution in [2.24, 2.45) is 0 Å². The van der Waals surface area contributed by atoms with Crippen LogP contribution in [0.3, 0.4) is 0 Å². The van der Waals surface area contributed by atoms with E-state index in [1.165, 1.54) is 0 Å². The SMILES string of the molecule is CCOCC(C)NCc1cc(Cl)c2c(c1)OCCO2. The summed E-state index contributed by atoms with van der Waals surface area (Å²) in [6.07, 6.45) is 0. The quantitative estimate of drug-likeness (QED) is 0.872. The number of halogens is 1. The van der Waals surface area contributed by atoms with Gasteiger partial charge in [0.15, 0.2) is 11.5 Å². The first-order valence-corrected chi connectivity index (χ1v) is 6.97. The van der Waals surface area contributed by atoms with Crippen molar-refractivity contribution in [2.75, 3.05) is 26.4 Å². The lowest BCUT2D eigenvalue weighted by Crippen LogP contribution is -2.30. The van der Waals surface area contributed by atoms with Crippen LogP contribution in [0.15, 0.2) is 12.1 Å². The van der Waals surface area contributed by atoms with Crippen molar-refractivity contribution in [2.45, 2.75) is 26.4 Å². The highest BCUT2D eigenvalue weighted by Gasteiger charge is 2.16. The molecule has 1 aromatic carbocycles. The average Bonchev–Trinajstić information content (AvgIpc) is 2.43. The first-order chi connectivity index (χ1) is 9.20. The lowest BCUT2D eigenvalue weighted by Gasteiger charge is -2.21. The van der Waals surface area contributed by atoms with Crippen LogP contribution >= 0.6 is 11.6 Å². The number of benzene rings is 1. The molecule has 1 N–H and O–H groups in total. The predicted octanol–water partition coefficient (Wildman–Crippen LogP) is 2.63. The molecule has 0 aliphatic carbocycles. The van der Waals surface area contributed by atoms with Crippen LogP contribution in [0.4, 0.5) is 0 Å². The highest BCUT2D eigenvalue weighted by Crippen LogP contribution is 2.38. The van der Waals surface area contributed by atoms with E-state index in [4.69, 9.17) is 25.8 Å². The van der Waals surface area contributed by atoms with E-state index in [1.807, 2.05) is 19.1 Å². The standard InChI is InChI=1S/C14H20ClNO3/c1-3-17-9-10(2)16-8-11-6-12(15)14-13(7-11)18-4-5-19-14/h6-7,10,16H,3-5,8-9H2,1-2H3. The molecular formula is C14H20ClNO3. The van der Waals surface area contributed by atoms with Gasteiger partial charge in [-0.2, -0.15) is 0 Å². The molecule has 1 atom stereocenters. The molecule has 0 fully saturated rings. The Morgan fingerprint density at radius 2 is 2.16 bits per heavy atom. The third kappa shape index (κ3) is 4.00. The van der Waals surface area contributed by atoms with E-state index < -0.39 is 0 Å². The maximum atomic E-state index is 6.19. The van der Waals surface area contributed by atoms with Crippen LogP contribution in [0.25, 0.3) is 0 Å². The lowest BCUT2D eigenvalue weighted by molar-refractivity contribution is 0.127. The van der Waals surface area contributed by atoms with Crippen LogP contribution in [-0.2, 0) is 11.3 Å². The average molecular weight is 286 g/mol.